The van der Waals surface area contributed by atoms with E-state index in [4.69, 9.17) is 23.2 Å². The number of benzene rings is 2. The van der Waals surface area contributed by atoms with Gasteiger partial charge >= 0.3 is 5.97 Å². The molecule has 0 aliphatic carbocycles. The molecular formula is C23H15Cl2N5O4S2. The molecular weight excluding hydrogens is 545 g/mol. The van der Waals surface area contributed by atoms with Crippen molar-refractivity contribution in [2.24, 2.45) is 0 Å². The van der Waals surface area contributed by atoms with Crippen molar-refractivity contribution < 1.29 is 18.3 Å². The Kier molecular flexibility index (Phi) is 6.39. The summed E-state index contributed by atoms with van der Waals surface area (Å²) in [5, 5.41) is 13.0. The van der Waals surface area contributed by atoms with E-state index in [-0.39, 0.29) is 20.6 Å². The molecule has 5 rings (SSSR count). The summed E-state index contributed by atoms with van der Waals surface area (Å²) in [6.07, 6.45) is 4.93. The number of halogens is 2. The summed E-state index contributed by atoms with van der Waals surface area (Å²) in [4.78, 5) is 24.3. The van der Waals surface area contributed by atoms with Crippen LogP contribution in [-0.4, -0.2) is 45.6 Å². The maximum absolute atomic E-state index is 13.4. The lowest BCUT2D eigenvalue weighted by molar-refractivity contribution is -0.135. The fourth-order valence-electron chi connectivity index (χ4n) is 3.67. The number of aliphatic carboxylic acids is 1. The highest BCUT2D eigenvalue weighted by Crippen LogP contribution is 2.31. The van der Waals surface area contributed by atoms with Gasteiger partial charge in [-0.25, -0.2) is 23.4 Å². The normalized spacial score (nSPS) is 11.6. The van der Waals surface area contributed by atoms with Crippen LogP contribution >= 0.6 is 34.5 Å². The van der Waals surface area contributed by atoms with Gasteiger partial charge in [0.25, 0.3) is 10.0 Å². The Labute approximate surface area is 219 Å². The van der Waals surface area contributed by atoms with E-state index in [0.717, 1.165) is 14.8 Å². The van der Waals surface area contributed by atoms with Gasteiger partial charge in [-0.1, -0.05) is 23.2 Å². The van der Waals surface area contributed by atoms with Gasteiger partial charge in [0.1, 0.15) is 29.4 Å². The topological polar surface area (TPSA) is 118 Å². The predicted molar refractivity (Wildman–Crippen MR) is 139 cm³/mol. The number of thiazole rings is 1. The maximum atomic E-state index is 13.4. The average Bonchev–Trinajstić information content (AvgIpc) is 3.52. The number of carbonyl (C=O) groups is 1. The number of carboxylic acids is 1. The summed E-state index contributed by atoms with van der Waals surface area (Å²) >= 11 is 13.5. The Morgan fingerprint density at radius 2 is 1.81 bits per heavy atom. The zero-order chi connectivity index (χ0) is 25.4. The molecule has 9 nitrogen and oxygen atoms in total. The van der Waals surface area contributed by atoms with E-state index in [1.807, 2.05) is 9.95 Å². The van der Waals surface area contributed by atoms with Gasteiger partial charge < -0.3 is 9.67 Å². The van der Waals surface area contributed by atoms with Crippen molar-refractivity contribution in [1.82, 2.24) is 19.5 Å². The van der Waals surface area contributed by atoms with E-state index in [1.165, 1.54) is 41.9 Å². The molecule has 0 atom stereocenters. The number of anilines is 1. The fraction of sp³-hybridized carbons (Fsp3) is 0.0435. The zero-order valence-electron chi connectivity index (χ0n) is 18.1. The van der Waals surface area contributed by atoms with Crippen LogP contribution in [0.15, 0.2) is 77.5 Å². The first-order valence-electron chi connectivity index (χ1n) is 10.3. The maximum Gasteiger partial charge on any atom is 0.324 e. The van der Waals surface area contributed by atoms with Crippen LogP contribution in [0.2, 0.25) is 10.0 Å². The summed E-state index contributed by atoms with van der Waals surface area (Å²) in [7, 11) is -4.29. The summed E-state index contributed by atoms with van der Waals surface area (Å²) in [5.41, 5.74) is 1.58. The lowest BCUT2D eigenvalue weighted by atomic mass is 10.2. The van der Waals surface area contributed by atoms with Crippen LogP contribution in [0.1, 0.15) is 0 Å². The molecule has 0 spiro atoms. The number of sulfonamides is 1. The summed E-state index contributed by atoms with van der Waals surface area (Å²) in [6.45, 7) is -0.790. The van der Waals surface area contributed by atoms with E-state index in [1.54, 1.807) is 36.7 Å². The molecule has 0 aliphatic heterocycles. The first kappa shape index (κ1) is 24.2. The van der Waals surface area contributed by atoms with Crippen molar-refractivity contribution in [1.29, 1.82) is 0 Å². The summed E-state index contributed by atoms with van der Waals surface area (Å²) < 4.78 is 29.4. The first-order valence-corrected chi connectivity index (χ1v) is 13.3. The number of rotatable bonds is 7. The van der Waals surface area contributed by atoms with Crippen LogP contribution in [0.5, 0.6) is 0 Å². The highest BCUT2D eigenvalue weighted by atomic mass is 35.5. The smallest absolute Gasteiger partial charge is 0.324 e. The predicted octanol–water partition coefficient (Wildman–Crippen LogP) is 5.13. The highest BCUT2D eigenvalue weighted by Gasteiger charge is 2.28. The largest absolute Gasteiger partial charge is 0.480 e. The van der Waals surface area contributed by atoms with Gasteiger partial charge in [0, 0.05) is 39.3 Å². The molecule has 3 heterocycles. The third-order valence-corrected chi connectivity index (χ3v) is 8.20. The molecule has 0 aliphatic rings. The standard InChI is InChI=1S/C23H15Cl2N5O4S2/c24-15-8-16(25)10-18(9-15)36(33,34)30(12-22(31)32)17-1-2-20-14(7-17)3-5-29(20)21-11-19(27-13-28-21)23-26-4-6-35-23/h1-11,13H,12H2,(H,31,32). The second-order valence-corrected chi connectivity index (χ2v) is 11.2. The summed E-state index contributed by atoms with van der Waals surface area (Å²) in [6, 6.07) is 12.3. The molecule has 0 bridgehead atoms. The van der Waals surface area contributed by atoms with Crippen LogP contribution < -0.4 is 4.31 Å². The van der Waals surface area contributed by atoms with Gasteiger partial charge in [0.05, 0.1) is 16.1 Å². The average molecular weight is 560 g/mol. The second-order valence-electron chi connectivity index (χ2n) is 7.54. The van der Waals surface area contributed by atoms with Crippen molar-refractivity contribution in [2.45, 2.75) is 4.90 Å². The summed E-state index contributed by atoms with van der Waals surface area (Å²) in [5.74, 6) is -0.721. The molecule has 0 fully saturated rings. The number of nitrogens with zero attached hydrogens (tertiary/aromatic N) is 5. The molecule has 5 aromatic rings. The van der Waals surface area contributed by atoms with Crippen molar-refractivity contribution >= 4 is 67.1 Å². The Morgan fingerprint density at radius 3 is 2.50 bits per heavy atom. The van der Waals surface area contributed by atoms with Crippen LogP contribution in [0.4, 0.5) is 5.69 Å². The molecule has 3 aromatic heterocycles. The molecule has 1 N–H and O–H groups in total. The first-order chi connectivity index (χ1) is 17.2. The Hall–Kier alpha value is -3.51. The monoisotopic (exact) mass is 559 g/mol. The molecule has 0 saturated carbocycles. The van der Waals surface area contributed by atoms with Gasteiger partial charge in [0.15, 0.2) is 0 Å². The highest BCUT2D eigenvalue weighted by molar-refractivity contribution is 7.92. The lowest BCUT2D eigenvalue weighted by Gasteiger charge is -2.23. The van der Waals surface area contributed by atoms with Gasteiger partial charge in [0.2, 0.25) is 0 Å². The molecule has 0 radical (unpaired) electrons. The molecule has 36 heavy (non-hydrogen) atoms. The molecule has 182 valence electrons. The zero-order valence-corrected chi connectivity index (χ0v) is 21.3. The number of hydrogen-bond acceptors (Lipinski definition) is 7. The van der Waals surface area contributed by atoms with Gasteiger partial charge in [-0.05, 0) is 42.5 Å². The van der Waals surface area contributed by atoms with Crippen LogP contribution in [0.3, 0.4) is 0 Å². The van der Waals surface area contributed by atoms with E-state index < -0.39 is 22.5 Å². The lowest BCUT2D eigenvalue weighted by Crippen LogP contribution is -2.35. The molecule has 0 amide bonds. The molecule has 0 saturated heterocycles. The number of fused-ring (bicyclic) bond motifs is 1. The minimum atomic E-state index is -4.29. The van der Waals surface area contributed by atoms with Crippen LogP contribution in [0.25, 0.3) is 27.4 Å². The number of hydrogen-bond donors (Lipinski definition) is 1. The van der Waals surface area contributed by atoms with Crippen molar-refractivity contribution in [3.63, 3.8) is 0 Å². The third kappa shape index (κ3) is 4.65. The van der Waals surface area contributed by atoms with Gasteiger partial charge in [-0.3, -0.25) is 9.10 Å². The number of carboxylic acid groups (broad SMARTS) is 1. The van der Waals surface area contributed by atoms with E-state index in [0.29, 0.717) is 16.9 Å². The van der Waals surface area contributed by atoms with E-state index in [9.17, 15) is 18.3 Å². The van der Waals surface area contributed by atoms with Gasteiger partial charge in [-0.2, -0.15) is 0 Å². The fourth-order valence-corrected chi connectivity index (χ4v) is 6.41. The van der Waals surface area contributed by atoms with E-state index >= 15 is 0 Å². The van der Waals surface area contributed by atoms with Crippen LogP contribution in [-0.2, 0) is 14.8 Å². The Bertz CT molecular complexity index is 1680. The molecule has 0 unspecified atom stereocenters. The van der Waals surface area contributed by atoms with E-state index in [2.05, 4.69) is 15.0 Å². The Balaban J connectivity index is 1.57. The second kappa shape index (κ2) is 9.51. The molecule has 13 heteroatoms. The van der Waals surface area contributed by atoms with Crippen LogP contribution in [0, 0.1) is 0 Å². The molecule has 2 aromatic carbocycles. The van der Waals surface area contributed by atoms with Gasteiger partial charge in [-0.15, -0.1) is 11.3 Å². The SMILES string of the molecule is O=C(O)CN(c1ccc2c(ccn2-c2cc(-c3nccs3)ncn2)c1)S(=O)(=O)c1cc(Cl)cc(Cl)c1. The van der Waals surface area contributed by atoms with Crippen molar-refractivity contribution in [2.75, 3.05) is 10.8 Å². The third-order valence-electron chi connectivity index (χ3n) is 5.22. The number of aromatic nitrogens is 4. The quantitative estimate of drug-likeness (QED) is 0.293. The van der Waals surface area contributed by atoms with Crippen molar-refractivity contribution in [3.8, 4) is 16.5 Å². The minimum absolute atomic E-state index is 0.117. The van der Waals surface area contributed by atoms with Crippen molar-refractivity contribution in [3.05, 3.63) is 82.7 Å². The Morgan fingerprint density at radius 1 is 1.03 bits per heavy atom. The minimum Gasteiger partial charge on any atom is -0.480 e.